The summed E-state index contributed by atoms with van der Waals surface area (Å²) in [7, 11) is 4.23. The molecule has 1 heterocycles. The molecule has 0 radical (unpaired) electrons. The molecule has 4 nitrogen and oxygen atoms in total. The molecule has 1 aliphatic heterocycles. The van der Waals surface area contributed by atoms with Crippen molar-refractivity contribution in [1.82, 2.24) is 15.1 Å². The van der Waals surface area contributed by atoms with Crippen molar-refractivity contribution in [2.24, 2.45) is 10.9 Å². The maximum Gasteiger partial charge on any atom is 0.193 e. The van der Waals surface area contributed by atoms with Gasteiger partial charge in [0, 0.05) is 26.2 Å². The summed E-state index contributed by atoms with van der Waals surface area (Å²) in [4.78, 5) is 9.51. The average molecular weight is 331 g/mol. The fourth-order valence-corrected chi connectivity index (χ4v) is 3.53. The van der Waals surface area contributed by atoms with E-state index < -0.39 is 0 Å². The van der Waals surface area contributed by atoms with Gasteiger partial charge in [0.25, 0.3) is 0 Å². The maximum absolute atomic E-state index is 4.85. The van der Waals surface area contributed by atoms with Crippen molar-refractivity contribution in [3.8, 4) is 0 Å². The van der Waals surface area contributed by atoms with Crippen LogP contribution in [0.15, 0.2) is 35.3 Å². The number of hydrogen-bond donors (Lipinski definition) is 1. The molecule has 2 atom stereocenters. The zero-order valence-corrected chi connectivity index (χ0v) is 15.8. The number of nitrogens with one attached hydrogen (secondary N) is 1. The molecule has 2 rings (SSSR count). The fourth-order valence-electron chi connectivity index (χ4n) is 3.53. The zero-order valence-electron chi connectivity index (χ0n) is 15.8. The van der Waals surface area contributed by atoms with Crippen LogP contribution in [0.4, 0.5) is 0 Å². The van der Waals surface area contributed by atoms with Crippen LogP contribution >= 0.6 is 0 Å². The average Bonchev–Trinajstić information content (AvgIpc) is 2.58. The Balaban J connectivity index is 1.94. The minimum atomic E-state index is 0.645. The molecular weight excluding hydrogens is 296 g/mol. The van der Waals surface area contributed by atoms with Gasteiger partial charge in [0.15, 0.2) is 5.96 Å². The number of guanidine groups is 1. The number of nitrogens with zero attached hydrogens (tertiary/aromatic N) is 3. The Bertz CT molecular complexity index is 498. The summed E-state index contributed by atoms with van der Waals surface area (Å²) in [5, 5.41) is 3.48. The van der Waals surface area contributed by atoms with E-state index in [0.29, 0.717) is 11.8 Å². The summed E-state index contributed by atoms with van der Waals surface area (Å²) in [6.45, 7) is 9.61. The van der Waals surface area contributed by atoms with E-state index in [1.54, 1.807) is 0 Å². The van der Waals surface area contributed by atoms with Crippen LogP contribution < -0.4 is 5.32 Å². The first-order chi connectivity index (χ1) is 11.6. The van der Waals surface area contributed by atoms with Crippen LogP contribution in [0.1, 0.15) is 38.2 Å². The number of piperidine rings is 1. The Morgan fingerprint density at radius 3 is 2.67 bits per heavy atom. The molecule has 24 heavy (non-hydrogen) atoms. The molecule has 1 N–H and O–H groups in total. The molecule has 134 valence electrons. The van der Waals surface area contributed by atoms with Crippen LogP contribution in [0.25, 0.3) is 0 Å². The lowest BCUT2D eigenvalue weighted by atomic mass is 9.82. The Kier molecular flexibility index (Phi) is 7.57. The standard InChI is InChI=1S/C20H34N4/c1-5-21-20(22-13-9-14-23(3)4)24-15-12-19(17(2)16-24)18-10-7-6-8-11-18/h6-8,10-11,17,19H,5,9,12-16H2,1-4H3,(H,21,22). The smallest absolute Gasteiger partial charge is 0.193 e. The SMILES string of the molecule is CCNC(=NCCCN(C)C)N1CCC(c2ccccc2)C(C)C1. The Morgan fingerprint density at radius 1 is 1.29 bits per heavy atom. The van der Waals surface area contributed by atoms with Crippen LogP contribution in [0.2, 0.25) is 0 Å². The Hall–Kier alpha value is -1.55. The predicted octanol–water partition coefficient (Wildman–Crippen LogP) is 3.03. The third kappa shape index (κ3) is 5.52. The molecular formula is C20H34N4. The molecule has 4 heteroatoms. The first-order valence-electron chi connectivity index (χ1n) is 9.34. The maximum atomic E-state index is 4.85. The molecule has 1 fully saturated rings. The lowest BCUT2D eigenvalue weighted by molar-refractivity contribution is 0.234. The minimum Gasteiger partial charge on any atom is -0.357 e. The van der Waals surface area contributed by atoms with Gasteiger partial charge in [-0.15, -0.1) is 0 Å². The van der Waals surface area contributed by atoms with Crippen molar-refractivity contribution in [2.45, 2.75) is 32.6 Å². The summed E-state index contributed by atoms with van der Waals surface area (Å²) in [5.74, 6) is 2.40. The van der Waals surface area contributed by atoms with Crippen molar-refractivity contribution in [3.63, 3.8) is 0 Å². The number of hydrogen-bond acceptors (Lipinski definition) is 2. The van der Waals surface area contributed by atoms with Gasteiger partial charge in [0.2, 0.25) is 0 Å². The molecule has 2 unspecified atom stereocenters. The molecule has 0 saturated carbocycles. The molecule has 0 spiro atoms. The van der Waals surface area contributed by atoms with Crippen molar-refractivity contribution in [2.75, 3.05) is 46.8 Å². The first-order valence-corrected chi connectivity index (χ1v) is 9.34. The highest BCUT2D eigenvalue weighted by Crippen LogP contribution is 2.32. The molecule has 0 amide bonds. The van der Waals surface area contributed by atoms with E-state index in [9.17, 15) is 0 Å². The van der Waals surface area contributed by atoms with E-state index >= 15 is 0 Å². The van der Waals surface area contributed by atoms with Crippen molar-refractivity contribution in [1.29, 1.82) is 0 Å². The van der Waals surface area contributed by atoms with Crippen LogP contribution in [-0.2, 0) is 0 Å². The molecule has 0 aromatic heterocycles. The highest BCUT2D eigenvalue weighted by Gasteiger charge is 2.28. The van der Waals surface area contributed by atoms with Crippen molar-refractivity contribution in [3.05, 3.63) is 35.9 Å². The van der Waals surface area contributed by atoms with E-state index in [1.165, 1.54) is 12.0 Å². The predicted molar refractivity (Wildman–Crippen MR) is 104 cm³/mol. The summed E-state index contributed by atoms with van der Waals surface area (Å²) >= 11 is 0. The summed E-state index contributed by atoms with van der Waals surface area (Å²) in [6, 6.07) is 11.0. The number of rotatable bonds is 6. The fraction of sp³-hybridized carbons (Fsp3) is 0.650. The van der Waals surface area contributed by atoms with E-state index in [-0.39, 0.29) is 0 Å². The van der Waals surface area contributed by atoms with Gasteiger partial charge >= 0.3 is 0 Å². The van der Waals surface area contributed by atoms with Gasteiger partial charge in [0.05, 0.1) is 0 Å². The van der Waals surface area contributed by atoms with Crippen LogP contribution in [-0.4, -0.2) is 62.6 Å². The lowest BCUT2D eigenvalue weighted by Crippen LogP contribution is -2.48. The van der Waals surface area contributed by atoms with E-state index in [0.717, 1.165) is 45.1 Å². The topological polar surface area (TPSA) is 30.9 Å². The summed E-state index contributed by atoms with van der Waals surface area (Å²) in [5.41, 5.74) is 1.48. The number of aliphatic imine (C=N–C) groups is 1. The second kappa shape index (κ2) is 9.67. The number of benzene rings is 1. The van der Waals surface area contributed by atoms with E-state index in [4.69, 9.17) is 4.99 Å². The largest absolute Gasteiger partial charge is 0.357 e. The highest BCUT2D eigenvalue weighted by molar-refractivity contribution is 5.80. The van der Waals surface area contributed by atoms with Crippen LogP contribution in [0.3, 0.4) is 0 Å². The molecule has 0 bridgehead atoms. The Labute approximate surface area is 147 Å². The second-order valence-electron chi connectivity index (χ2n) is 7.12. The van der Waals surface area contributed by atoms with Crippen molar-refractivity contribution >= 4 is 5.96 Å². The monoisotopic (exact) mass is 330 g/mol. The molecule has 1 aliphatic rings. The quantitative estimate of drug-likeness (QED) is 0.494. The Morgan fingerprint density at radius 2 is 2.04 bits per heavy atom. The van der Waals surface area contributed by atoms with Gasteiger partial charge in [-0.1, -0.05) is 37.3 Å². The molecule has 0 aliphatic carbocycles. The van der Waals surface area contributed by atoms with Crippen LogP contribution in [0.5, 0.6) is 0 Å². The summed E-state index contributed by atoms with van der Waals surface area (Å²) < 4.78 is 0. The molecule has 1 aromatic rings. The third-order valence-corrected chi connectivity index (χ3v) is 4.79. The van der Waals surface area contributed by atoms with E-state index in [2.05, 4.69) is 73.4 Å². The second-order valence-corrected chi connectivity index (χ2v) is 7.12. The van der Waals surface area contributed by atoms with Crippen LogP contribution in [0, 0.1) is 5.92 Å². The zero-order chi connectivity index (χ0) is 17.4. The van der Waals surface area contributed by atoms with Gasteiger partial charge < -0.3 is 15.1 Å². The van der Waals surface area contributed by atoms with Gasteiger partial charge in [-0.25, -0.2) is 0 Å². The van der Waals surface area contributed by atoms with Crippen molar-refractivity contribution < 1.29 is 0 Å². The van der Waals surface area contributed by atoms with Gasteiger partial charge in [-0.05, 0) is 57.8 Å². The molecule has 1 saturated heterocycles. The van der Waals surface area contributed by atoms with Gasteiger partial charge in [-0.2, -0.15) is 0 Å². The third-order valence-electron chi connectivity index (χ3n) is 4.79. The van der Waals surface area contributed by atoms with Gasteiger partial charge in [-0.3, -0.25) is 4.99 Å². The van der Waals surface area contributed by atoms with Gasteiger partial charge in [0.1, 0.15) is 0 Å². The first kappa shape index (κ1) is 18.8. The minimum absolute atomic E-state index is 0.645. The number of likely N-dealkylation sites (tertiary alicyclic amines) is 1. The summed E-state index contributed by atoms with van der Waals surface area (Å²) in [6.07, 6.45) is 2.31. The van der Waals surface area contributed by atoms with E-state index in [1.807, 2.05) is 0 Å². The molecule has 1 aromatic carbocycles. The highest BCUT2D eigenvalue weighted by atomic mass is 15.3. The normalized spacial score (nSPS) is 22.0. The lowest BCUT2D eigenvalue weighted by Gasteiger charge is -2.39.